The molecule has 2 rings (SSSR count). The van der Waals surface area contributed by atoms with Crippen molar-refractivity contribution in [2.24, 2.45) is 0 Å². The number of ether oxygens (including phenoxy) is 1. The van der Waals surface area contributed by atoms with Crippen molar-refractivity contribution in [3.05, 3.63) is 29.8 Å². The largest absolute Gasteiger partial charge is 0.450 e. The molecule has 2 N–H and O–H groups in total. The molecule has 0 aromatic heterocycles. The molecule has 0 aliphatic carbocycles. The Morgan fingerprint density at radius 1 is 1.22 bits per heavy atom. The van der Waals surface area contributed by atoms with Gasteiger partial charge < -0.3 is 15.0 Å². The number of anilines is 1. The molecule has 1 aromatic carbocycles. The molecule has 2 amide bonds. The van der Waals surface area contributed by atoms with Gasteiger partial charge in [-0.2, -0.15) is 0 Å². The highest BCUT2D eigenvalue weighted by Crippen LogP contribution is 2.08. The van der Waals surface area contributed by atoms with Crippen LogP contribution in [0, 0.1) is 6.92 Å². The van der Waals surface area contributed by atoms with E-state index in [1.54, 1.807) is 4.90 Å². The Bertz CT molecular complexity index is 522. The van der Waals surface area contributed by atoms with E-state index in [0.717, 1.165) is 25.3 Å². The number of quaternary nitrogens is 1. The van der Waals surface area contributed by atoms with Crippen molar-refractivity contribution < 1.29 is 19.2 Å². The summed E-state index contributed by atoms with van der Waals surface area (Å²) in [5.41, 5.74) is 2.01. The van der Waals surface area contributed by atoms with Crippen LogP contribution in [0.2, 0.25) is 0 Å². The standard InChI is InChI=1S/C17H25N3O3/c1-3-23-17(22)20-12-10-19(11-13-20)9-8-16(21)18-15-6-4-14(2)5-7-15/h4-7H,3,8-13H2,1-2H3,(H,18,21)/p+1. The maximum atomic E-state index is 12.0. The number of hydrogen-bond donors (Lipinski definition) is 2. The second-order valence-electron chi connectivity index (χ2n) is 5.85. The fourth-order valence-corrected chi connectivity index (χ4v) is 2.62. The van der Waals surface area contributed by atoms with Crippen molar-refractivity contribution in [1.29, 1.82) is 0 Å². The van der Waals surface area contributed by atoms with Gasteiger partial charge in [-0.05, 0) is 26.0 Å². The van der Waals surface area contributed by atoms with E-state index in [1.165, 1.54) is 10.5 Å². The summed E-state index contributed by atoms with van der Waals surface area (Å²) >= 11 is 0. The first-order valence-electron chi connectivity index (χ1n) is 8.20. The molecule has 0 unspecified atom stereocenters. The van der Waals surface area contributed by atoms with Crippen LogP contribution < -0.4 is 10.2 Å². The normalized spacial score (nSPS) is 15.3. The third-order valence-corrected chi connectivity index (χ3v) is 4.04. The zero-order valence-corrected chi connectivity index (χ0v) is 13.9. The number of carbonyl (C=O) groups is 2. The van der Waals surface area contributed by atoms with E-state index in [1.807, 2.05) is 38.1 Å². The Morgan fingerprint density at radius 2 is 1.87 bits per heavy atom. The van der Waals surface area contributed by atoms with Crippen molar-refractivity contribution in [2.75, 3.05) is 44.6 Å². The maximum absolute atomic E-state index is 12.0. The number of piperazine rings is 1. The van der Waals surface area contributed by atoms with Gasteiger partial charge in [0.15, 0.2) is 0 Å². The zero-order chi connectivity index (χ0) is 16.7. The Hall–Kier alpha value is -2.08. The molecule has 126 valence electrons. The Morgan fingerprint density at radius 3 is 2.48 bits per heavy atom. The average molecular weight is 320 g/mol. The Kier molecular flexibility index (Phi) is 6.40. The first-order chi connectivity index (χ1) is 11.1. The van der Waals surface area contributed by atoms with Gasteiger partial charge >= 0.3 is 6.09 Å². The lowest BCUT2D eigenvalue weighted by molar-refractivity contribution is -0.903. The van der Waals surface area contributed by atoms with E-state index < -0.39 is 0 Å². The number of hydrogen-bond acceptors (Lipinski definition) is 3. The van der Waals surface area contributed by atoms with E-state index in [9.17, 15) is 9.59 Å². The summed E-state index contributed by atoms with van der Waals surface area (Å²) in [5.74, 6) is 0.0363. The van der Waals surface area contributed by atoms with Crippen LogP contribution in [0.3, 0.4) is 0 Å². The monoisotopic (exact) mass is 320 g/mol. The molecule has 1 saturated heterocycles. The second-order valence-corrected chi connectivity index (χ2v) is 5.85. The predicted octanol–water partition coefficient (Wildman–Crippen LogP) is 0.681. The van der Waals surface area contributed by atoms with Crippen LogP contribution in [-0.4, -0.2) is 56.2 Å². The van der Waals surface area contributed by atoms with E-state index in [0.29, 0.717) is 26.1 Å². The first-order valence-corrected chi connectivity index (χ1v) is 8.20. The second kappa shape index (κ2) is 8.53. The Labute approximate surface area is 137 Å². The highest BCUT2D eigenvalue weighted by Gasteiger charge is 2.24. The quantitative estimate of drug-likeness (QED) is 0.839. The van der Waals surface area contributed by atoms with Gasteiger partial charge in [-0.3, -0.25) is 9.69 Å². The van der Waals surface area contributed by atoms with Crippen molar-refractivity contribution in [1.82, 2.24) is 4.90 Å². The van der Waals surface area contributed by atoms with Crippen LogP contribution in [0.5, 0.6) is 0 Å². The zero-order valence-electron chi connectivity index (χ0n) is 13.9. The number of carbonyl (C=O) groups excluding carboxylic acids is 2. The maximum Gasteiger partial charge on any atom is 0.410 e. The van der Waals surface area contributed by atoms with Gasteiger partial charge in [0.25, 0.3) is 0 Å². The average Bonchev–Trinajstić information content (AvgIpc) is 2.56. The number of aryl methyl sites for hydroxylation is 1. The van der Waals surface area contributed by atoms with E-state index >= 15 is 0 Å². The molecule has 0 spiro atoms. The van der Waals surface area contributed by atoms with Crippen LogP contribution in [0.15, 0.2) is 24.3 Å². The van der Waals surface area contributed by atoms with Crippen molar-refractivity contribution in [3.63, 3.8) is 0 Å². The van der Waals surface area contributed by atoms with Crippen molar-refractivity contribution in [3.8, 4) is 0 Å². The van der Waals surface area contributed by atoms with Gasteiger partial charge in [0.1, 0.15) is 0 Å². The fraction of sp³-hybridized carbons (Fsp3) is 0.529. The van der Waals surface area contributed by atoms with Crippen LogP contribution in [0.25, 0.3) is 0 Å². The lowest BCUT2D eigenvalue weighted by Crippen LogP contribution is -3.15. The molecule has 1 aliphatic heterocycles. The molecule has 0 radical (unpaired) electrons. The van der Waals surface area contributed by atoms with Gasteiger partial charge in [0.2, 0.25) is 5.91 Å². The van der Waals surface area contributed by atoms with Crippen LogP contribution in [0.1, 0.15) is 18.9 Å². The Balaban J connectivity index is 1.67. The molecule has 0 saturated carbocycles. The number of rotatable bonds is 5. The minimum atomic E-state index is -0.233. The molecule has 1 fully saturated rings. The summed E-state index contributed by atoms with van der Waals surface area (Å²) in [6.45, 7) is 8.12. The van der Waals surface area contributed by atoms with Gasteiger partial charge in [0.05, 0.1) is 45.8 Å². The van der Waals surface area contributed by atoms with E-state index in [2.05, 4.69) is 5.32 Å². The number of nitrogens with zero attached hydrogens (tertiary/aromatic N) is 1. The molecule has 0 bridgehead atoms. The molecule has 1 heterocycles. The van der Waals surface area contributed by atoms with Gasteiger partial charge in [-0.25, -0.2) is 4.79 Å². The minimum Gasteiger partial charge on any atom is -0.450 e. The number of benzene rings is 1. The molecule has 1 aliphatic rings. The highest BCUT2D eigenvalue weighted by atomic mass is 16.6. The van der Waals surface area contributed by atoms with Gasteiger partial charge in [-0.15, -0.1) is 0 Å². The van der Waals surface area contributed by atoms with Gasteiger partial charge in [-0.1, -0.05) is 17.7 Å². The van der Waals surface area contributed by atoms with Crippen LogP contribution in [0.4, 0.5) is 10.5 Å². The summed E-state index contributed by atoms with van der Waals surface area (Å²) in [5, 5.41) is 2.92. The lowest BCUT2D eigenvalue weighted by Gasteiger charge is -2.31. The predicted molar refractivity (Wildman–Crippen MR) is 88.6 cm³/mol. The number of amides is 2. The third-order valence-electron chi connectivity index (χ3n) is 4.04. The molecule has 0 atom stereocenters. The smallest absolute Gasteiger partial charge is 0.410 e. The minimum absolute atomic E-state index is 0.0363. The molecule has 6 nitrogen and oxygen atoms in total. The van der Waals surface area contributed by atoms with Crippen molar-refractivity contribution in [2.45, 2.75) is 20.3 Å². The van der Waals surface area contributed by atoms with Crippen LogP contribution >= 0.6 is 0 Å². The highest BCUT2D eigenvalue weighted by molar-refractivity contribution is 5.90. The van der Waals surface area contributed by atoms with E-state index in [-0.39, 0.29) is 12.0 Å². The molecular formula is C17H26N3O3+. The molecule has 6 heteroatoms. The lowest BCUT2D eigenvalue weighted by atomic mass is 10.2. The summed E-state index contributed by atoms with van der Waals surface area (Å²) in [7, 11) is 0. The first kappa shape index (κ1) is 17.3. The molecular weight excluding hydrogens is 294 g/mol. The van der Waals surface area contributed by atoms with Gasteiger partial charge in [0, 0.05) is 5.69 Å². The molecule has 23 heavy (non-hydrogen) atoms. The van der Waals surface area contributed by atoms with E-state index in [4.69, 9.17) is 4.74 Å². The summed E-state index contributed by atoms with van der Waals surface area (Å²) in [6.07, 6.45) is 0.256. The van der Waals surface area contributed by atoms with Crippen molar-refractivity contribution >= 4 is 17.7 Å². The summed E-state index contributed by atoms with van der Waals surface area (Å²) in [4.78, 5) is 26.7. The summed E-state index contributed by atoms with van der Waals surface area (Å²) in [6, 6.07) is 7.79. The van der Waals surface area contributed by atoms with Crippen LogP contribution in [-0.2, 0) is 9.53 Å². The summed E-state index contributed by atoms with van der Waals surface area (Å²) < 4.78 is 5.00. The number of nitrogens with one attached hydrogen (secondary N) is 2. The SMILES string of the molecule is CCOC(=O)N1CC[NH+](CCC(=O)Nc2ccc(C)cc2)CC1. The fourth-order valence-electron chi connectivity index (χ4n) is 2.62. The third kappa shape index (κ3) is 5.56. The topological polar surface area (TPSA) is 63.1 Å². The molecule has 1 aromatic rings.